The lowest BCUT2D eigenvalue weighted by Gasteiger charge is -2.29. The summed E-state index contributed by atoms with van der Waals surface area (Å²) in [6.07, 6.45) is 2.43. The van der Waals surface area contributed by atoms with E-state index in [9.17, 15) is 9.90 Å². The third-order valence-corrected chi connectivity index (χ3v) is 5.53. The zero-order valence-electron chi connectivity index (χ0n) is 17.4. The first kappa shape index (κ1) is 20.8. The van der Waals surface area contributed by atoms with Crippen molar-refractivity contribution in [2.75, 3.05) is 19.6 Å². The second-order valence-electron chi connectivity index (χ2n) is 7.78. The van der Waals surface area contributed by atoms with Crippen LogP contribution in [-0.2, 0) is 4.79 Å². The number of carbonyl (C=O) groups is 1. The molecular weight excluding hydrogens is 386 g/mol. The molecule has 0 amide bonds. The van der Waals surface area contributed by atoms with Gasteiger partial charge >= 0.3 is 5.97 Å². The van der Waals surface area contributed by atoms with Crippen LogP contribution in [0.2, 0.25) is 0 Å². The van der Waals surface area contributed by atoms with Crippen molar-refractivity contribution in [2.45, 2.75) is 19.3 Å². The fraction of sp³-hybridized carbons (Fsp3) is 0.269. The minimum absolute atomic E-state index is 0.245. The molecule has 0 aliphatic carbocycles. The second kappa shape index (κ2) is 10.0. The maximum atomic E-state index is 11.2. The van der Waals surface area contributed by atoms with E-state index in [1.807, 2.05) is 54.6 Å². The number of hydrogen-bond donors (Lipinski definition) is 1. The summed E-state index contributed by atoms with van der Waals surface area (Å²) in [5.41, 5.74) is 2.51. The Hall–Kier alpha value is -3.49. The van der Waals surface area contributed by atoms with E-state index in [2.05, 4.69) is 39.1 Å². The lowest BCUT2D eigenvalue weighted by atomic mass is 9.98. The van der Waals surface area contributed by atoms with Gasteiger partial charge in [-0.15, -0.1) is 5.11 Å². The Kier molecular flexibility index (Phi) is 6.71. The minimum atomic E-state index is -0.690. The molecule has 1 aliphatic rings. The van der Waals surface area contributed by atoms with Gasteiger partial charge in [-0.3, -0.25) is 4.79 Å². The number of rotatable bonds is 5. The van der Waals surface area contributed by atoms with E-state index in [0.29, 0.717) is 13.0 Å². The largest absolute Gasteiger partial charge is 0.481 e. The van der Waals surface area contributed by atoms with Crippen molar-refractivity contribution < 1.29 is 9.90 Å². The Labute approximate surface area is 182 Å². The summed E-state index contributed by atoms with van der Waals surface area (Å²) in [7, 11) is 0. The highest BCUT2D eigenvalue weighted by atomic mass is 16.4. The van der Waals surface area contributed by atoms with Crippen LogP contribution in [0.25, 0.3) is 10.8 Å². The van der Waals surface area contributed by atoms with Crippen molar-refractivity contribution >= 4 is 28.1 Å². The van der Waals surface area contributed by atoms with Gasteiger partial charge < -0.3 is 10.0 Å². The Balaban J connectivity index is 1.38. The molecule has 1 atom stereocenters. The van der Waals surface area contributed by atoms with Crippen LogP contribution in [0.1, 0.15) is 24.8 Å². The molecule has 5 heteroatoms. The van der Waals surface area contributed by atoms with Crippen molar-refractivity contribution in [1.29, 1.82) is 0 Å². The molecule has 3 aromatic carbocycles. The summed E-state index contributed by atoms with van der Waals surface area (Å²) in [6.45, 7) is 2.38. The van der Waals surface area contributed by atoms with E-state index < -0.39 is 5.97 Å². The van der Waals surface area contributed by atoms with Crippen LogP contribution in [0.3, 0.4) is 0 Å². The summed E-state index contributed by atoms with van der Waals surface area (Å²) in [4.78, 5) is 13.4. The number of likely N-dealkylation sites (tertiary alicyclic amines) is 1. The molecule has 0 bridgehead atoms. The number of benzene rings is 3. The third-order valence-electron chi connectivity index (χ3n) is 5.53. The molecule has 156 valence electrons. The average Bonchev–Trinajstić information content (AvgIpc) is 2.81. The summed E-state index contributed by atoms with van der Waals surface area (Å²) < 4.78 is 0. The van der Waals surface area contributed by atoms with Gasteiger partial charge in [0.15, 0.2) is 0 Å². The minimum Gasteiger partial charge on any atom is -0.481 e. The summed E-state index contributed by atoms with van der Waals surface area (Å²) >= 11 is 0. The zero-order valence-corrected chi connectivity index (χ0v) is 17.4. The number of nitrogens with zero attached hydrogens (tertiary/aromatic N) is 3. The molecule has 1 aliphatic heterocycles. The second-order valence-corrected chi connectivity index (χ2v) is 7.78. The van der Waals surface area contributed by atoms with E-state index >= 15 is 0 Å². The van der Waals surface area contributed by atoms with Gasteiger partial charge in [0.05, 0.1) is 17.3 Å². The fourth-order valence-electron chi connectivity index (χ4n) is 3.89. The standard InChI is InChI=1S/C26H25N3O2/c30-26(31)22-12-7-17-29(19-22)16-4-3-8-20-9-5-13-23(18-20)27-28-25-15-6-11-21-10-1-2-14-24(21)25/h1-2,5-6,9-11,13-15,18,22H,4,7,12,16-17,19H2,(H,30,31)/t22-/m1/s1. The van der Waals surface area contributed by atoms with Crippen molar-refractivity contribution in [1.82, 2.24) is 4.90 Å². The molecular formula is C26H25N3O2. The van der Waals surface area contributed by atoms with Gasteiger partial charge in [0.2, 0.25) is 0 Å². The quantitative estimate of drug-likeness (QED) is 0.427. The molecule has 1 saturated heterocycles. The van der Waals surface area contributed by atoms with Gasteiger partial charge in [-0.1, -0.05) is 54.3 Å². The Morgan fingerprint density at radius 2 is 1.90 bits per heavy atom. The normalized spacial score (nSPS) is 16.8. The number of carboxylic acid groups (broad SMARTS) is 1. The van der Waals surface area contributed by atoms with Crippen LogP contribution in [0.15, 0.2) is 77.0 Å². The van der Waals surface area contributed by atoms with Gasteiger partial charge in [-0.05, 0) is 49.0 Å². The Bertz CT molecular complexity index is 1150. The van der Waals surface area contributed by atoms with Crippen molar-refractivity contribution in [3.05, 3.63) is 72.3 Å². The number of azo groups is 1. The molecule has 1 heterocycles. The number of aliphatic carboxylic acids is 1. The van der Waals surface area contributed by atoms with Gasteiger partial charge in [0, 0.05) is 30.5 Å². The van der Waals surface area contributed by atoms with Crippen LogP contribution in [0.5, 0.6) is 0 Å². The molecule has 0 spiro atoms. The number of hydrogen-bond acceptors (Lipinski definition) is 4. The van der Waals surface area contributed by atoms with Crippen molar-refractivity contribution in [2.24, 2.45) is 16.1 Å². The molecule has 1 N–H and O–H groups in total. The highest BCUT2D eigenvalue weighted by Gasteiger charge is 2.24. The molecule has 3 aromatic rings. The molecule has 0 saturated carbocycles. The monoisotopic (exact) mass is 411 g/mol. The van der Waals surface area contributed by atoms with Gasteiger partial charge in [-0.25, -0.2) is 0 Å². The van der Waals surface area contributed by atoms with Gasteiger partial charge in [0.25, 0.3) is 0 Å². The smallest absolute Gasteiger partial charge is 0.307 e. The van der Waals surface area contributed by atoms with Gasteiger partial charge in [0.1, 0.15) is 0 Å². The number of piperidine rings is 1. The highest BCUT2D eigenvalue weighted by Crippen LogP contribution is 2.27. The molecule has 0 aromatic heterocycles. The molecule has 0 radical (unpaired) electrons. The van der Waals surface area contributed by atoms with E-state index in [1.54, 1.807) is 0 Å². The Morgan fingerprint density at radius 3 is 2.81 bits per heavy atom. The van der Waals surface area contributed by atoms with Crippen LogP contribution in [0.4, 0.5) is 11.4 Å². The molecule has 4 rings (SSSR count). The van der Waals surface area contributed by atoms with Crippen LogP contribution >= 0.6 is 0 Å². The summed E-state index contributed by atoms with van der Waals surface area (Å²) in [5, 5.41) is 20.3. The average molecular weight is 412 g/mol. The predicted octanol–water partition coefficient (Wildman–Crippen LogP) is 5.79. The van der Waals surface area contributed by atoms with E-state index in [-0.39, 0.29) is 5.92 Å². The molecule has 31 heavy (non-hydrogen) atoms. The third kappa shape index (κ3) is 5.56. The SMILES string of the molecule is O=C(O)[C@@H]1CCCN(CCC#Cc2cccc(N=Nc3cccc4ccccc34)c2)C1. The fourth-order valence-corrected chi connectivity index (χ4v) is 3.89. The lowest BCUT2D eigenvalue weighted by molar-refractivity contribution is -0.143. The van der Waals surface area contributed by atoms with E-state index in [4.69, 9.17) is 0 Å². The summed E-state index contributed by atoms with van der Waals surface area (Å²) in [6, 6.07) is 21.9. The first-order chi connectivity index (χ1) is 15.2. The summed E-state index contributed by atoms with van der Waals surface area (Å²) in [5.74, 6) is 5.46. The lowest BCUT2D eigenvalue weighted by Crippen LogP contribution is -2.39. The highest BCUT2D eigenvalue weighted by molar-refractivity contribution is 5.92. The zero-order chi connectivity index (χ0) is 21.5. The molecule has 0 unspecified atom stereocenters. The first-order valence-corrected chi connectivity index (χ1v) is 10.6. The maximum Gasteiger partial charge on any atom is 0.307 e. The molecule has 1 fully saturated rings. The number of fused-ring (bicyclic) bond motifs is 1. The Morgan fingerprint density at radius 1 is 1.06 bits per heavy atom. The first-order valence-electron chi connectivity index (χ1n) is 10.6. The number of carboxylic acids is 1. The topological polar surface area (TPSA) is 65.3 Å². The van der Waals surface area contributed by atoms with Crippen LogP contribution in [-0.4, -0.2) is 35.6 Å². The van der Waals surface area contributed by atoms with Gasteiger partial charge in [-0.2, -0.15) is 5.11 Å². The molecule has 5 nitrogen and oxygen atoms in total. The van der Waals surface area contributed by atoms with E-state index in [1.165, 1.54) is 0 Å². The van der Waals surface area contributed by atoms with Crippen LogP contribution in [0, 0.1) is 17.8 Å². The predicted molar refractivity (Wildman–Crippen MR) is 123 cm³/mol. The van der Waals surface area contributed by atoms with Crippen molar-refractivity contribution in [3.63, 3.8) is 0 Å². The maximum absolute atomic E-state index is 11.2. The van der Waals surface area contributed by atoms with Crippen LogP contribution < -0.4 is 0 Å². The van der Waals surface area contributed by atoms with E-state index in [0.717, 1.165) is 53.6 Å². The van der Waals surface area contributed by atoms with Crippen molar-refractivity contribution in [3.8, 4) is 11.8 Å².